The molecule has 0 aliphatic heterocycles. The highest BCUT2D eigenvalue weighted by atomic mass is 16.5. The Morgan fingerprint density at radius 1 is 0.958 bits per heavy atom. The number of aliphatic hydroxyl groups excluding tert-OH is 3. The minimum atomic E-state index is -0.822. The molecule has 0 heterocycles. The summed E-state index contributed by atoms with van der Waals surface area (Å²) in [5, 5.41) is 28.1. The number of hydrogen-bond acceptors (Lipinski definition) is 5. The van der Waals surface area contributed by atoms with E-state index in [0.29, 0.717) is 6.42 Å². The highest BCUT2D eigenvalue weighted by Crippen LogP contribution is 2.16. The van der Waals surface area contributed by atoms with Crippen molar-refractivity contribution in [3.63, 3.8) is 0 Å². The monoisotopic (exact) mass is 346 g/mol. The molecule has 0 fully saturated rings. The zero-order valence-electron chi connectivity index (χ0n) is 15.6. The molecule has 0 aromatic heterocycles. The van der Waals surface area contributed by atoms with Gasteiger partial charge in [-0.3, -0.25) is 4.79 Å². The first-order valence-electron chi connectivity index (χ1n) is 9.53. The largest absolute Gasteiger partial charge is 0.465 e. The number of esters is 1. The van der Waals surface area contributed by atoms with Crippen LogP contribution in [-0.2, 0) is 9.53 Å². The summed E-state index contributed by atoms with van der Waals surface area (Å²) in [5.74, 6) is -0.480. The van der Waals surface area contributed by atoms with Gasteiger partial charge in [0.2, 0.25) is 0 Å². The van der Waals surface area contributed by atoms with Gasteiger partial charge in [0.1, 0.15) is 6.61 Å². The van der Waals surface area contributed by atoms with Crippen molar-refractivity contribution in [1.29, 1.82) is 0 Å². The van der Waals surface area contributed by atoms with E-state index in [-0.39, 0.29) is 26.2 Å². The van der Waals surface area contributed by atoms with Crippen LogP contribution in [0.3, 0.4) is 0 Å². The highest BCUT2D eigenvalue weighted by Gasteiger charge is 2.25. The Morgan fingerprint density at radius 3 is 1.96 bits per heavy atom. The molecule has 0 aliphatic rings. The van der Waals surface area contributed by atoms with Crippen molar-refractivity contribution in [2.75, 3.05) is 19.8 Å². The molecule has 1 atom stereocenters. The van der Waals surface area contributed by atoms with Gasteiger partial charge in [0, 0.05) is 5.41 Å². The van der Waals surface area contributed by atoms with Crippen LogP contribution in [0, 0.1) is 5.41 Å². The topological polar surface area (TPSA) is 87.0 Å². The van der Waals surface area contributed by atoms with Gasteiger partial charge in [0.05, 0.1) is 25.7 Å². The quantitative estimate of drug-likeness (QED) is 0.295. The molecule has 5 nitrogen and oxygen atoms in total. The van der Waals surface area contributed by atoms with Crippen LogP contribution in [0.15, 0.2) is 0 Å². The van der Waals surface area contributed by atoms with E-state index in [0.717, 1.165) is 12.8 Å². The van der Waals surface area contributed by atoms with Crippen LogP contribution in [0.5, 0.6) is 0 Å². The van der Waals surface area contributed by atoms with Crippen LogP contribution in [-0.4, -0.2) is 47.2 Å². The molecule has 0 aliphatic carbocycles. The van der Waals surface area contributed by atoms with Gasteiger partial charge >= 0.3 is 5.97 Å². The van der Waals surface area contributed by atoms with Crippen molar-refractivity contribution >= 4 is 5.97 Å². The SMILES string of the molecule is CCCCCCCCCCCC(O)CC(=O)OCC(C)(CO)CO. The van der Waals surface area contributed by atoms with Crippen molar-refractivity contribution < 1.29 is 24.9 Å². The molecule has 3 N–H and O–H groups in total. The maximum atomic E-state index is 11.6. The van der Waals surface area contributed by atoms with E-state index in [9.17, 15) is 9.90 Å². The maximum absolute atomic E-state index is 11.6. The molecule has 0 amide bonds. The minimum absolute atomic E-state index is 0.0239. The number of hydrogen-bond donors (Lipinski definition) is 3. The lowest BCUT2D eigenvalue weighted by Gasteiger charge is -2.24. The van der Waals surface area contributed by atoms with Crippen LogP contribution in [0.2, 0.25) is 0 Å². The third kappa shape index (κ3) is 12.7. The fourth-order valence-electron chi connectivity index (χ4n) is 2.44. The summed E-state index contributed by atoms with van der Waals surface area (Å²) >= 11 is 0. The summed E-state index contributed by atoms with van der Waals surface area (Å²) in [6.07, 6.45) is 10.9. The van der Waals surface area contributed by atoms with Crippen LogP contribution in [0.25, 0.3) is 0 Å². The van der Waals surface area contributed by atoms with Gasteiger partial charge in [0.15, 0.2) is 0 Å². The fourth-order valence-corrected chi connectivity index (χ4v) is 2.44. The van der Waals surface area contributed by atoms with E-state index in [2.05, 4.69) is 6.92 Å². The summed E-state index contributed by atoms with van der Waals surface area (Å²) in [7, 11) is 0. The summed E-state index contributed by atoms with van der Waals surface area (Å²) in [6.45, 7) is 3.32. The molecule has 0 aromatic carbocycles. The summed E-state index contributed by atoms with van der Waals surface area (Å²) in [4.78, 5) is 11.6. The Kier molecular flexibility index (Phi) is 14.3. The predicted molar refractivity (Wildman–Crippen MR) is 95.7 cm³/mol. The molecule has 0 bridgehead atoms. The molecular weight excluding hydrogens is 308 g/mol. The number of aliphatic hydroxyl groups is 3. The van der Waals surface area contributed by atoms with Crippen molar-refractivity contribution in [1.82, 2.24) is 0 Å². The average Bonchev–Trinajstić information content (AvgIpc) is 2.58. The second-order valence-corrected chi connectivity index (χ2v) is 7.26. The molecule has 5 heteroatoms. The van der Waals surface area contributed by atoms with Crippen LogP contribution in [0.4, 0.5) is 0 Å². The van der Waals surface area contributed by atoms with E-state index < -0.39 is 17.5 Å². The van der Waals surface area contributed by atoms with Crippen molar-refractivity contribution in [3.8, 4) is 0 Å². The second kappa shape index (κ2) is 14.7. The smallest absolute Gasteiger partial charge is 0.308 e. The van der Waals surface area contributed by atoms with Crippen LogP contribution >= 0.6 is 0 Å². The van der Waals surface area contributed by atoms with E-state index >= 15 is 0 Å². The third-order valence-electron chi connectivity index (χ3n) is 4.39. The Hall–Kier alpha value is -0.650. The van der Waals surface area contributed by atoms with Gasteiger partial charge in [-0.15, -0.1) is 0 Å². The second-order valence-electron chi connectivity index (χ2n) is 7.26. The highest BCUT2D eigenvalue weighted by molar-refractivity contribution is 5.69. The van der Waals surface area contributed by atoms with Crippen molar-refractivity contribution in [3.05, 3.63) is 0 Å². The number of carbonyl (C=O) groups is 1. The molecule has 0 spiro atoms. The number of carbonyl (C=O) groups excluding carboxylic acids is 1. The summed E-state index contributed by atoms with van der Waals surface area (Å²) in [6, 6.07) is 0. The first kappa shape index (κ1) is 23.4. The van der Waals surface area contributed by atoms with Gasteiger partial charge in [-0.05, 0) is 6.42 Å². The zero-order valence-corrected chi connectivity index (χ0v) is 15.6. The van der Waals surface area contributed by atoms with Crippen LogP contribution < -0.4 is 0 Å². The standard InChI is InChI=1S/C19H38O5/c1-3-4-5-6-7-8-9-10-11-12-17(22)13-18(23)24-16-19(2,14-20)15-21/h17,20-22H,3-16H2,1-2H3. The number of ether oxygens (including phenoxy) is 1. The maximum Gasteiger partial charge on any atom is 0.308 e. The molecular formula is C19H38O5. The van der Waals surface area contributed by atoms with Gasteiger partial charge in [-0.2, -0.15) is 0 Å². The Bertz CT molecular complexity index is 302. The average molecular weight is 347 g/mol. The van der Waals surface area contributed by atoms with Gasteiger partial charge in [-0.25, -0.2) is 0 Å². The van der Waals surface area contributed by atoms with E-state index in [1.807, 2.05) is 0 Å². The lowest BCUT2D eigenvalue weighted by molar-refractivity contribution is -0.151. The Morgan fingerprint density at radius 2 is 1.46 bits per heavy atom. The lowest BCUT2D eigenvalue weighted by Crippen LogP contribution is -2.33. The summed E-state index contributed by atoms with van der Waals surface area (Å²) in [5.41, 5.74) is -0.822. The lowest BCUT2D eigenvalue weighted by atomic mass is 9.94. The Labute approximate surface area is 147 Å². The van der Waals surface area contributed by atoms with E-state index in [4.69, 9.17) is 14.9 Å². The Balaban J connectivity index is 3.58. The fraction of sp³-hybridized carbons (Fsp3) is 0.947. The van der Waals surface area contributed by atoms with Crippen LogP contribution in [0.1, 0.15) is 84.5 Å². The molecule has 0 radical (unpaired) electrons. The molecule has 0 saturated heterocycles. The molecule has 144 valence electrons. The molecule has 24 heavy (non-hydrogen) atoms. The zero-order chi connectivity index (χ0) is 18.3. The van der Waals surface area contributed by atoms with Crippen molar-refractivity contribution in [2.24, 2.45) is 5.41 Å². The molecule has 0 aromatic rings. The first-order valence-corrected chi connectivity index (χ1v) is 9.53. The van der Waals surface area contributed by atoms with Gasteiger partial charge in [-0.1, -0.05) is 71.6 Å². The van der Waals surface area contributed by atoms with Gasteiger partial charge < -0.3 is 20.1 Å². The van der Waals surface area contributed by atoms with E-state index in [1.54, 1.807) is 6.92 Å². The predicted octanol–water partition coefficient (Wildman–Crippen LogP) is 3.19. The summed E-state index contributed by atoms with van der Waals surface area (Å²) < 4.78 is 5.03. The van der Waals surface area contributed by atoms with E-state index in [1.165, 1.54) is 44.9 Å². The first-order chi connectivity index (χ1) is 11.5. The molecule has 0 rings (SSSR count). The number of rotatable bonds is 16. The number of unbranched alkanes of at least 4 members (excludes halogenated alkanes) is 8. The van der Waals surface area contributed by atoms with Gasteiger partial charge in [0.25, 0.3) is 0 Å². The third-order valence-corrected chi connectivity index (χ3v) is 4.39. The molecule has 1 unspecified atom stereocenters. The minimum Gasteiger partial charge on any atom is -0.465 e. The normalized spacial score (nSPS) is 13.0. The molecule has 0 saturated carbocycles. The van der Waals surface area contributed by atoms with Crippen molar-refractivity contribution in [2.45, 2.75) is 90.6 Å².